The number of aliphatic hydroxyl groups excluding tert-OH is 1. The van der Waals surface area contributed by atoms with E-state index < -0.39 is 6.10 Å². The number of hydrogen-bond donors (Lipinski definition) is 1. The van der Waals surface area contributed by atoms with Crippen molar-refractivity contribution in [2.75, 3.05) is 25.1 Å². The van der Waals surface area contributed by atoms with Crippen LogP contribution in [0.25, 0.3) is 11.1 Å². The van der Waals surface area contributed by atoms with E-state index in [4.69, 9.17) is 4.74 Å². The summed E-state index contributed by atoms with van der Waals surface area (Å²) in [5.74, 6) is 0.405. The van der Waals surface area contributed by atoms with Gasteiger partial charge in [-0.2, -0.15) is 5.10 Å². The van der Waals surface area contributed by atoms with Crippen LogP contribution in [0, 0.1) is 5.82 Å². The normalized spacial score (nSPS) is 20.5. The molecular formula is C21H21FN6O2. The Hall–Kier alpha value is -3.17. The van der Waals surface area contributed by atoms with E-state index in [0.717, 1.165) is 11.1 Å². The third-order valence-corrected chi connectivity index (χ3v) is 5.63. The molecule has 2 aliphatic heterocycles. The number of rotatable bonds is 4. The summed E-state index contributed by atoms with van der Waals surface area (Å²) in [5, 5.41) is 14.3. The summed E-state index contributed by atoms with van der Waals surface area (Å²) < 4.78 is 21.7. The summed E-state index contributed by atoms with van der Waals surface area (Å²) in [5.41, 5.74) is 4.25. The Morgan fingerprint density at radius 3 is 2.77 bits per heavy atom. The van der Waals surface area contributed by atoms with Gasteiger partial charge in [-0.15, -0.1) is 0 Å². The molecule has 9 heteroatoms. The number of methoxy groups -OCH3 is 1. The van der Waals surface area contributed by atoms with E-state index in [1.807, 2.05) is 17.0 Å². The number of aryl methyl sites for hydroxylation is 1. The van der Waals surface area contributed by atoms with Gasteiger partial charge in [0, 0.05) is 56.2 Å². The molecule has 1 fully saturated rings. The second-order valence-corrected chi connectivity index (χ2v) is 7.56. The molecule has 2 aliphatic rings. The molecule has 3 aromatic rings. The van der Waals surface area contributed by atoms with Crippen molar-refractivity contribution < 1.29 is 14.2 Å². The minimum absolute atomic E-state index is 0.252. The number of aliphatic imine (C=N–C) groups is 1. The third-order valence-electron chi connectivity index (χ3n) is 5.63. The smallest absolute Gasteiger partial charge is 0.132 e. The van der Waals surface area contributed by atoms with E-state index in [2.05, 4.69) is 20.1 Å². The van der Waals surface area contributed by atoms with Crippen LogP contribution in [0.4, 0.5) is 10.2 Å². The van der Waals surface area contributed by atoms with Gasteiger partial charge in [0.05, 0.1) is 30.3 Å². The number of benzene rings is 1. The van der Waals surface area contributed by atoms with E-state index in [9.17, 15) is 9.50 Å². The molecule has 0 amide bonds. The molecule has 0 unspecified atom stereocenters. The number of aromatic nitrogens is 4. The second kappa shape index (κ2) is 7.26. The lowest BCUT2D eigenvalue weighted by molar-refractivity contribution is 0.0217. The largest absolute Gasteiger partial charge is 0.388 e. The molecule has 4 heterocycles. The summed E-state index contributed by atoms with van der Waals surface area (Å²) in [6.45, 7) is 1.39. The molecule has 1 aromatic carbocycles. The highest BCUT2D eigenvalue weighted by Gasteiger charge is 2.32. The van der Waals surface area contributed by atoms with Crippen LogP contribution in [0.2, 0.25) is 0 Å². The molecule has 0 spiro atoms. The van der Waals surface area contributed by atoms with Crippen LogP contribution in [0.15, 0.2) is 41.9 Å². The summed E-state index contributed by atoms with van der Waals surface area (Å²) in [4.78, 5) is 15.3. The molecule has 1 N–H and O–H groups in total. The van der Waals surface area contributed by atoms with Crippen LogP contribution in [0.1, 0.15) is 16.8 Å². The third kappa shape index (κ3) is 3.16. The number of fused-ring (bicyclic) bond motifs is 1. The Balaban J connectivity index is 1.49. The molecule has 0 aliphatic carbocycles. The highest BCUT2D eigenvalue weighted by molar-refractivity contribution is 6.14. The van der Waals surface area contributed by atoms with Crippen molar-refractivity contribution >= 4 is 11.5 Å². The lowest BCUT2D eigenvalue weighted by Gasteiger charge is -2.17. The molecule has 2 aromatic heterocycles. The van der Waals surface area contributed by atoms with Crippen molar-refractivity contribution in [1.82, 2.24) is 19.7 Å². The quantitative estimate of drug-likeness (QED) is 0.705. The van der Waals surface area contributed by atoms with Crippen molar-refractivity contribution in [3.8, 4) is 11.1 Å². The molecule has 1 saturated heterocycles. The molecule has 0 radical (unpaired) electrons. The fourth-order valence-corrected chi connectivity index (χ4v) is 4.04. The van der Waals surface area contributed by atoms with Gasteiger partial charge >= 0.3 is 0 Å². The average molecular weight is 408 g/mol. The van der Waals surface area contributed by atoms with Crippen molar-refractivity contribution in [3.05, 3.63) is 59.6 Å². The van der Waals surface area contributed by atoms with Crippen LogP contribution in [0.5, 0.6) is 0 Å². The lowest BCUT2D eigenvalue weighted by Crippen LogP contribution is -2.25. The lowest BCUT2D eigenvalue weighted by atomic mass is 9.97. The van der Waals surface area contributed by atoms with Gasteiger partial charge in [0.25, 0.3) is 0 Å². The van der Waals surface area contributed by atoms with Gasteiger partial charge in [-0.1, -0.05) is 0 Å². The van der Waals surface area contributed by atoms with Gasteiger partial charge in [0.2, 0.25) is 0 Å². The van der Waals surface area contributed by atoms with Crippen molar-refractivity contribution in [2.24, 2.45) is 12.0 Å². The maximum Gasteiger partial charge on any atom is 0.132 e. The highest BCUT2D eigenvalue weighted by Crippen LogP contribution is 2.31. The Bertz CT molecular complexity index is 1140. The van der Waals surface area contributed by atoms with Crippen molar-refractivity contribution in [3.63, 3.8) is 0 Å². The van der Waals surface area contributed by atoms with Crippen molar-refractivity contribution in [1.29, 1.82) is 0 Å². The summed E-state index contributed by atoms with van der Waals surface area (Å²) in [7, 11) is 3.39. The fraction of sp³-hybridized carbons (Fsp3) is 0.333. The minimum atomic E-state index is -0.567. The van der Waals surface area contributed by atoms with Crippen LogP contribution >= 0.6 is 0 Å². The maximum absolute atomic E-state index is 14.7. The monoisotopic (exact) mass is 408 g/mol. The van der Waals surface area contributed by atoms with Crippen LogP contribution < -0.4 is 4.90 Å². The number of ether oxygens (including phenoxy) is 1. The maximum atomic E-state index is 14.7. The van der Waals surface area contributed by atoms with Crippen LogP contribution in [-0.2, 0) is 18.3 Å². The number of hydrogen-bond acceptors (Lipinski definition) is 7. The SMILES string of the molecule is CO[C@@H]1CN(c2cc(C3=NCc4cc(F)c(-c5cnn(C)c5)cc43)ncn2)C[C@H]1O. The Kier molecular flexibility index (Phi) is 4.56. The zero-order valence-electron chi connectivity index (χ0n) is 16.7. The Morgan fingerprint density at radius 2 is 2.03 bits per heavy atom. The van der Waals surface area contributed by atoms with E-state index in [1.165, 1.54) is 12.4 Å². The Morgan fingerprint density at radius 1 is 1.17 bits per heavy atom. The van der Waals surface area contributed by atoms with E-state index in [1.54, 1.807) is 31.2 Å². The summed E-state index contributed by atoms with van der Waals surface area (Å²) >= 11 is 0. The molecular weight excluding hydrogens is 387 g/mol. The number of anilines is 1. The first-order valence-electron chi connectivity index (χ1n) is 9.68. The van der Waals surface area contributed by atoms with Gasteiger partial charge in [-0.3, -0.25) is 9.67 Å². The number of halogens is 1. The first-order chi connectivity index (χ1) is 14.5. The minimum Gasteiger partial charge on any atom is -0.388 e. The number of aliphatic hydroxyl groups is 1. The van der Waals surface area contributed by atoms with E-state index in [-0.39, 0.29) is 11.9 Å². The first kappa shape index (κ1) is 18.8. The number of nitrogens with zero attached hydrogens (tertiary/aromatic N) is 6. The highest BCUT2D eigenvalue weighted by atomic mass is 19.1. The van der Waals surface area contributed by atoms with Gasteiger partial charge in [-0.05, 0) is 17.7 Å². The molecule has 0 bridgehead atoms. The Labute approximate surface area is 172 Å². The van der Waals surface area contributed by atoms with Gasteiger partial charge < -0.3 is 14.7 Å². The van der Waals surface area contributed by atoms with E-state index >= 15 is 0 Å². The average Bonchev–Trinajstić information content (AvgIpc) is 3.45. The molecule has 5 rings (SSSR count). The summed E-state index contributed by atoms with van der Waals surface area (Å²) in [6, 6.07) is 5.21. The molecule has 30 heavy (non-hydrogen) atoms. The standard InChI is InChI=1S/C21H21FN6O2/c1-27-8-13(7-26-27)14-4-15-12(3-16(14)22)6-23-21(15)17-5-20(25-11-24-17)28-9-18(29)19(10-28)30-2/h3-5,7-8,11,18-19,29H,6,9-10H2,1-2H3/t18-,19-/m1/s1. The van der Waals surface area contributed by atoms with Gasteiger partial charge in [0.15, 0.2) is 0 Å². The van der Waals surface area contributed by atoms with Gasteiger partial charge in [0.1, 0.15) is 24.1 Å². The first-order valence-corrected chi connectivity index (χ1v) is 9.68. The number of β-amino-alcohol motifs (C(OH)–C–C–N with tert-alkyl or cyclic N) is 1. The van der Waals surface area contributed by atoms with Crippen LogP contribution in [-0.4, -0.2) is 63.0 Å². The molecule has 8 nitrogen and oxygen atoms in total. The van der Waals surface area contributed by atoms with Gasteiger partial charge in [-0.25, -0.2) is 14.4 Å². The van der Waals surface area contributed by atoms with E-state index in [0.29, 0.717) is 48.0 Å². The predicted octanol–water partition coefficient (Wildman–Crippen LogP) is 1.56. The second-order valence-electron chi connectivity index (χ2n) is 7.56. The zero-order valence-corrected chi connectivity index (χ0v) is 16.7. The zero-order chi connectivity index (χ0) is 20.8. The topological polar surface area (TPSA) is 88.7 Å². The molecule has 2 atom stereocenters. The fourth-order valence-electron chi connectivity index (χ4n) is 4.04. The van der Waals surface area contributed by atoms with Crippen LogP contribution in [0.3, 0.4) is 0 Å². The molecule has 0 saturated carbocycles. The van der Waals surface area contributed by atoms with Crippen molar-refractivity contribution in [2.45, 2.75) is 18.8 Å². The summed E-state index contributed by atoms with van der Waals surface area (Å²) in [6.07, 6.45) is 4.10. The predicted molar refractivity (Wildman–Crippen MR) is 109 cm³/mol. The molecule has 154 valence electrons.